The molecular formula is C10H21N3OS. The van der Waals surface area contributed by atoms with Gasteiger partial charge >= 0.3 is 0 Å². The van der Waals surface area contributed by atoms with Crippen molar-refractivity contribution >= 4 is 23.1 Å². The van der Waals surface area contributed by atoms with Crippen molar-refractivity contribution in [2.45, 2.75) is 19.8 Å². The van der Waals surface area contributed by atoms with Crippen molar-refractivity contribution < 1.29 is 4.79 Å². The molecule has 0 heterocycles. The lowest BCUT2D eigenvalue weighted by Gasteiger charge is -2.19. The van der Waals surface area contributed by atoms with Gasteiger partial charge in [0.05, 0.1) is 4.99 Å². The van der Waals surface area contributed by atoms with E-state index in [9.17, 15) is 4.79 Å². The number of likely N-dealkylation sites (N-methyl/N-ethyl adjacent to an activating group) is 1. The highest BCUT2D eigenvalue weighted by atomic mass is 32.1. The molecule has 0 saturated carbocycles. The van der Waals surface area contributed by atoms with E-state index in [2.05, 4.69) is 11.8 Å². The van der Waals surface area contributed by atoms with E-state index in [1.54, 1.807) is 19.0 Å². The normalized spacial score (nSPS) is 10.4. The lowest BCUT2D eigenvalue weighted by molar-refractivity contribution is -0.128. The molecule has 2 N–H and O–H groups in total. The van der Waals surface area contributed by atoms with Gasteiger partial charge in [-0.15, -0.1) is 0 Å². The number of amides is 1. The summed E-state index contributed by atoms with van der Waals surface area (Å²) < 4.78 is 0. The molecule has 0 spiro atoms. The Labute approximate surface area is 97.4 Å². The van der Waals surface area contributed by atoms with Crippen LogP contribution in [0.5, 0.6) is 0 Å². The Bertz CT molecular complexity index is 219. The molecule has 0 fully saturated rings. The number of rotatable bonds is 7. The highest BCUT2D eigenvalue weighted by Crippen LogP contribution is 1.97. The molecule has 0 rings (SSSR count). The minimum absolute atomic E-state index is 0.168. The fourth-order valence-corrected chi connectivity index (χ4v) is 1.43. The molecule has 0 aromatic carbocycles. The third-order valence-corrected chi connectivity index (χ3v) is 2.32. The van der Waals surface area contributed by atoms with E-state index >= 15 is 0 Å². The molecule has 0 atom stereocenters. The van der Waals surface area contributed by atoms with Gasteiger partial charge in [0.25, 0.3) is 0 Å². The second-order valence-electron chi connectivity index (χ2n) is 3.73. The molecular weight excluding hydrogens is 210 g/mol. The maximum absolute atomic E-state index is 11.3. The minimum Gasteiger partial charge on any atom is -0.392 e. The molecule has 0 aliphatic carbocycles. The third-order valence-electron chi connectivity index (χ3n) is 2.19. The first kappa shape index (κ1) is 14.3. The summed E-state index contributed by atoms with van der Waals surface area (Å²) in [5.41, 5.74) is 5.46. The van der Waals surface area contributed by atoms with Gasteiger partial charge in [0, 0.05) is 27.1 Å². The van der Waals surface area contributed by atoms with Gasteiger partial charge in [0.1, 0.15) is 0 Å². The average Bonchev–Trinajstić information content (AvgIpc) is 2.15. The van der Waals surface area contributed by atoms with Gasteiger partial charge in [0.15, 0.2) is 0 Å². The first-order chi connectivity index (χ1) is 6.97. The number of hydrogen-bond acceptors (Lipinski definition) is 3. The summed E-state index contributed by atoms with van der Waals surface area (Å²) in [5.74, 6) is 0.168. The van der Waals surface area contributed by atoms with Crippen LogP contribution < -0.4 is 5.73 Å². The summed E-state index contributed by atoms with van der Waals surface area (Å²) in [5, 5.41) is 0. The first-order valence-electron chi connectivity index (χ1n) is 5.18. The van der Waals surface area contributed by atoms with Crippen LogP contribution in [0, 0.1) is 0 Å². The quantitative estimate of drug-likeness (QED) is 0.647. The van der Waals surface area contributed by atoms with Gasteiger partial charge in [-0.25, -0.2) is 0 Å². The van der Waals surface area contributed by atoms with Crippen molar-refractivity contribution in [2.75, 3.05) is 33.7 Å². The molecule has 0 bridgehead atoms. The summed E-state index contributed by atoms with van der Waals surface area (Å²) in [4.78, 5) is 15.6. The summed E-state index contributed by atoms with van der Waals surface area (Å²) in [6, 6.07) is 0. The standard InChI is InChI=1S/C10H21N3OS/c1-4-13(8-9(11)15)7-5-6-10(14)12(2)3/h4-8H2,1-3H3,(H2,11,15). The van der Waals surface area contributed by atoms with Crippen LogP contribution in [-0.2, 0) is 4.79 Å². The molecule has 4 nitrogen and oxygen atoms in total. The summed E-state index contributed by atoms with van der Waals surface area (Å²) in [6.45, 7) is 4.48. The van der Waals surface area contributed by atoms with Crippen molar-refractivity contribution in [1.82, 2.24) is 9.80 Å². The van der Waals surface area contributed by atoms with Crippen LogP contribution in [0.4, 0.5) is 0 Å². The number of nitrogens with two attached hydrogens (primary N) is 1. The highest BCUT2D eigenvalue weighted by Gasteiger charge is 2.07. The van der Waals surface area contributed by atoms with Gasteiger partial charge in [-0.2, -0.15) is 0 Å². The Morgan fingerprint density at radius 1 is 1.40 bits per heavy atom. The molecule has 0 unspecified atom stereocenters. The lowest BCUT2D eigenvalue weighted by atomic mass is 10.2. The average molecular weight is 231 g/mol. The predicted molar refractivity (Wildman–Crippen MR) is 66.8 cm³/mol. The molecule has 5 heteroatoms. The first-order valence-corrected chi connectivity index (χ1v) is 5.59. The lowest BCUT2D eigenvalue weighted by Crippen LogP contribution is -2.34. The second kappa shape index (κ2) is 7.59. The summed E-state index contributed by atoms with van der Waals surface area (Å²) in [7, 11) is 3.55. The van der Waals surface area contributed by atoms with Gasteiger partial charge in [-0.1, -0.05) is 19.1 Å². The minimum atomic E-state index is 0.168. The van der Waals surface area contributed by atoms with E-state index in [1.165, 1.54) is 0 Å². The van der Waals surface area contributed by atoms with Crippen LogP contribution in [0.15, 0.2) is 0 Å². The van der Waals surface area contributed by atoms with Crippen LogP contribution in [0.3, 0.4) is 0 Å². The van der Waals surface area contributed by atoms with Crippen molar-refractivity contribution in [3.05, 3.63) is 0 Å². The SMILES string of the molecule is CCN(CCCC(=O)N(C)C)CC(N)=S. The highest BCUT2D eigenvalue weighted by molar-refractivity contribution is 7.80. The molecule has 0 aliphatic rings. The van der Waals surface area contributed by atoms with E-state index in [1.807, 2.05) is 0 Å². The molecule has 0 saturated heterocycles. The zero-order valence-electron chi connectivity index (χ0n) is 9.82. The number of thiocarbonyl (C=S) groups is 1. The molecule has 0 radical (unpaired) electrons. The van der Waals surface area contributed by atoms with Gasteiger partial charge in [-0.3, -0.25) is 9.69 Å². The fraction of sp³-hybridized carbons (Fsp3) is 0.800. The topological polar surface area (TPSA) is 49.6 Å². The Balaban J connectivity index is 3.72. The van der Waals surface area contributed by atoms with Crippen molar-refractivity contribution in [3.63, 3.8) is 0 Å². The number of carbonyl (C=O) groups is 1. The smallest absolute Gasteiger partial charge is 0.222 e. The number of nitrogens with zero attached hydrogens (tertiary/aromatic N) is 2. The molecule has 0 aromatic heterocycles. The van der Waals surface area contributed by atoms with Crippen LogP contribution in [0.2, 0.25) is 0 Å². The van der Waals surface area contributed by atoms with Crippen LogP contribution in [-0.4, -0.2) is 54.4 Å². The fourth-order valence-electron chi connectivity index (χ4n) is 1.25. The van der Waals surface area contributed by atoms with Gasteiger partial charge in [-0.05, 0) is 19.5 Å². The molecule has 0 aromatic rings. The van der Waals surface area contributed by atoms with Crippen molar-refractivity contribution in [3.8, 4) is 0 Å². The predicted octanol–water partition coefficient (Wildman–Crippen LogP) is 0.463. The zero-order chi connectivity index (χ0) is 11.8. The Morgan fingerprint density at radius 2 is 2.00 bits per heavy atom. The van der Waals surface area contributed by atoms with Gasteiger partial charge < -0.3 is 10.6 Å². The maximum atomic E-state index is 11.3. The Morgan fingerprint density at radius 3 is 2.40 bits per heavy atom. The van der Waals surface area contributed by atoms with E-state index in [0.29, 0.717) is 18.0 Å². The third kappa shape index (κ3) is 7.27. The second-order valence-corrected chi connectivity index (χ2v) is 4.25. The van der Waals surface area contributed by atoms with Crippen LogP contribution in [0.25, 0.3) is 0 Å². The van der Waals surface area contributed by atoms with E-state index in [0.717, 1.165) is 19.5 Å². The Kier molecular flexibility index (Phi) is 7.25. The number of carbonyl (C=O) groups excluding carboxylic acids is 1. The van der Waals surface area contributed by atoms with E-state index in [-0.39, 0.29) is 5.91 Å². The summed E-state index contributed by atoms with van der Waals surface area (Å²) in [6.07, 6.45) is 1.44. The van der Waals surface area contributed by atoms with Crippen molar-refractivity contribution in [2.24, 2.45) is 5.73 Å². The zero-order valence-corrected chi connectivity index (χ0v) is 10.6. The monoisotopic (exact) mass is 231 g/mol. The Hall–Kier alpha value is -0.680. The summed E-state index contributed by atoms with van der Waals surface area (Å²) >= 11 is 4.84. The largest absolute Gasteiger partial charge is 0.392 e. The van der Waals surface area contributed by atoms with Gasteiger partial charge in [0.2, 0.25) is 5.91 Å². The van der Waals surface area contributed by atoms with Crippen LogP contribution in [0.1, 0.15) is 19.8 Å². The molecule has 1 amide bonds. The molecule has 88 valence electrons. The van der Waals surface area contributed by atoms with E-state index < -0.39 is 0 Å². The van der Waals surface area contributed by atoms with Crippen LogP contribution >= 0.6 is 12.2 Å². The maximum Gasteiger partial charge on any atom is 0.222 e. The van der Waals surface area contributed by atoms with Crippen molar-refractivity contribution in [1.29, 1.82) is 0 Å². The molecule has 0 aliphatic heterocycles. The molecule has 15 heavy (non-hydrogen) atoms. The number of hydrogen-bond donors (Lipinski definition) is 1. The van der Waals surface area contributed by atoms with E-state index in [4.69, 9.17) is 18.0 Å².